The molecular formula is C13H12ClNO2S. The first-order chi connectivity index (χ1) is 8.56. The Morgan fingerprint density at radius 1 is 1.56 bits per heavy atom. The quantitative estimate of drug-likeness (QED) is 0.933. The Morgan fingerprint density at radius 3 is 2.89 bits per heavy atom. The van der Waals surface area contributed by atoms with E-state index in [1.807, 2.05) is 24.4 Å². The summed E-state index contributed by atoms with van der Waals surface area (Å²) in [5.41, 5.74) is 1.76. The number of aryl methyl sites for hydroxylation is 1. The fraction of sp³-hybridized carbons (Fsp3) is 0.231. The highest BCUT2D eigenvalue weighted by Gasteiger charge is 2.23. The van der Waals surface area contributed by atoms with Gasteiger partial charge < -0.3 is 5.11 Å². The summed E-state index contributed by atoms with van der Waals surface area (Å²) in [6.45, 7) is 1.86. The van der Waals surface area contributed by atoms with E-state index in [0.29, 0.717) is 16.5 Å². The molecule has 1 N–H and O–H groups in total. The molecule has 0 aliphatic heterocycles. The molecule has 1 aromatic carbocycles. The van der Waals surface area contributed by atoms with Crippen LogP contribution in [0.4, 0.5) is 0 Å². The zero-order valence-electron chi connectivity index (χ0n) is 9.76. The average molecular weight is 282 g/mol. The molecule has 3 nitrogen and oxygen atoms in total. The number of carbonyl (C=O) groups is 1. The molecule has 2 aromatic rings. The number of thiazole rings is 1. The first-order valence-electron chi connectivity index (χ1n) is 5.45. The molecule has 0 saturated heterocycles. The van der Waals surface area contributed by atoms with Gasteiger partial charge in [-0.05, 0) is 31.0 Å². The van der Waals surface area contributed by atoms with Crippen molar-refractivity contribution in [3.05, 3.63) is 50.9 Å². The largest absolute Gasteiger partial charge is 0.481 e. The van der Waals surface area contributed by atoms with E-state index in [9.17, 15) is 9.90 Å². The Balaban J connectivity index is 2.24. The lowest BCUT2D eigenvalue weighted by atomic mass is 10.00. The maximum absolute atomic E-state index is 11.3. The van der Waals surface area contributed by atoms with E-state index in [4.69, 9.17) is 11.6 Å². The third-order valence-corrected chi connectivity index (χ3v) is 3.87. The average Bonchev–Trinajstić information content (AvgIpc) is 2.72. The lowest BCUT2D eigenvalue weighted by Gasteiger charge is -2.09. The van der Waals surface area contributed by atoms with Crippen LogP contribution in [0.1, 0.15) is 22.2 Å². The number of nitrogens with zero attached hydrogens (tertiary/aromatic N) is 1. The van der Waals surface area contributed by atoms with E-state index in [-0.39, 0.29) is 0 Å². The van der Waals surface area contributed by atoms with Gasteiger partial charge in [0.2, 0.25) is 0 Å². The summed E-state index contributed by atoms with van der Waals surface area (Å²) in [5.74, 6) is -1.47. The van der Waals surface area contributed by atoms with E-state index >= 15 is 0 Å². The second-order valence-corrected chi connectivity index (χ2v) is 5.38. The van der Waals surface area contributed by atoms with Crippen molar-refractivity contribution >= 4 is 28.9 Å². The molecule has 0 aliphatic rings. The van der Waals surface area contributed by atoms with Crippen molar-refractivity contribution in [2.24, 2.45) is 0 Å². The van der Waals surface area contributed by atoms with Crippen LogP contribution >= 0.6 is 22.9 Å². The third-order valence-electron chi connectivity index (χ3n) is 2.56. The minimum Gasteiger partial charge on any atom is -0.481 e. The van der Waals surface area contributed by atoms with Gasteiger partial charge in [-0.25, -0.2) is 4.98 Å². The number of benzene rings is 1. The minimum atomic E-state index is -0.857. The molecule has 18 heavy (non-hydrogen) atoms. The number of aromatic nitrogens is 1. The number of halogens is 1. The van der Waals surface area contributed by atoms with E-state index in [0.717, 1.165) is 11.3 Å². The second-order valence-electron chi connectivity index (χ2n) is 4.05. The molecule has 0 radical (unpaired) electrons. The Kier molecular flexibility index (Phi) is 3.99. The zero-order valence-corrected chi connectivity index (χ0v) is 11.3. The normalized spacial score (nSPS) is 12.3. The van der Waals surface area contributed by atoms with Crippen LogP contribution in [0.15, 0.2) is 29.6 Å². The zero-order chi connectivity index (χ0) is 13.1. The lowest BCUT2D eigenvalue weighted by Crippen LogP contribution is -2.14. The number of carboxylic acid groups (broad SMARTS) is 1. The van der Waals surface area contributed by atoms with Crippen molar-refractivity contribution in [3.8, 4) is 0 Å². The molecular weight excluding hydrogens is 270 g/mol. The predicted molar refractivity (Wildman–Crippen MR) is 72.4 cm³/mol. The molecule has 1 unspecified atom stereocenters. The van der Waals surface area contributed by atoms with Gasteiger partial charge in [0.05, 0.1) is 0 Å². The second kappa shape index (κ2) is 5.50. The number of hydrogen-bond donors (Lipinski definition) is 1. The number of carboxylic acids is 1. The summed E-state index contributed by atoms with van der Waals surface area (Å²) in [6.07, 6.45) is 0.406. The fourth-order valence-corrected chi connectivity index (χ4v) is 2.81. The van der Waals surface area contributed by atoms with E-state index in [1.165, 1.54) is 11.3 Å². The summed E-state index contributed by atoms with van der Waals surface area (Å²) in [4.78, 5) is 15.6. The minimum absolute atomic E-state index is 0.406. The highest BCUT2D eigenvalue weighted by molar-refractivity contribution is 7.09. The summed E-state index contributed by atoms with van der Waals surface area (Å²) in [7, 11) is 0. The summed E-state index contributed by atoms with van der Waals surface area (Å²) < 4.78 is 0. The van der Waals surface area contributed by atoms with Gasteiger partial charge in [-0.15, -0.1) is 11.3 Å². The maximum Gasteiger partial charge on any atom is 0.313 e. The molecule has 0 spiro atoms. The highest BCUT2D eigenvalue weighted by atomic mass is 35.5. The predicted octanol–water partition coefficient (Wildman–Crippen LogP) is 3.52. The third kappa shape index (κ3) is 3.09. The van der Waals surface area contributed by atoms with Gasteiger partial charge in [-0.2, -0.15) is 0 Å². The molecule has 1 heterocycles. The van der Waals surface area contributed by atoms with Crippen molar-refractivity contribution in [2.75, 3.05) is 0 Å². The summed E-state index contributed by atoms with van der Waals surface area (Å²) in [5, 5.41) is 12.4. The van der Waals surface area contributed by atoms with Crippen LogP contribution in [0.5, 0.6) is 0 Å². The Bertz CT molecular complexity index is 568. The topological polar surface area (TPSA) is 50.2 Å². The van der Waals surface area contributed by atoms with Gasteiger partial charge in [0.25, 0.3) is 0 Å². The molecule has 0 fully saturated rings. The number of rotatable bonds is 4. The van der Waals surface area contributed by atoms with E-state index < -0.39 is 11.9 Å². The summed E-state index contributed by atoms with van der Waals surface area (Å²) >= 11 is 7.28. The van der Waals surface area contributed by atoms with E-state index in [2.05, 4.69) is 4.98 Å². The monoisotopic (exact) mass is 281 g/mol. The Morgan fingerprint density at radius 2 is 2.33 bits per heavy atom. The standard InChI is InChI=1S/C13H12ClNO2S/c1-8-7-18-12(15-8)11(13(16)17)6-9-3-2-4-10(14)5-9/h2-5,7,11H,6H2,1H3,(H,16,17). The van der Waals surface area contributed by atoms with Gasteiger partial charge in [0.1, 0.15) is 10.9 Å². The van der Waals surface area contributed by atoms with Crippen molar-refractivity contribution in [1.29, 1.82) is 0 Å². The van der Waals surface area contributed by atoms with Gasteiger partial charge in [0, 0.05) is 16.1 Å². The van der Waals surface area contributed by atoms with Gasteiger partial charge in [-0.3, -0.25) is 4.79 Å². The Labute approximate surface area is 114 Å². The van der Waals surface area contributed by atoms with Gasteiger partial charge in [-0.1, -0.05) is 23.7 Å². The maximum atomic E-state index is 11.3. The lowest BCUT2D eigenvalue weighted by molar-refractivity contribution is -0.138. The van der Waals surface area contributed by atoms with Crippen LogP contribution < -0.4 is 0 Å². The van der Waals surface area contributed by atoms with Gasteiger partial charge >= 0.3 is 5.97 Å². The number of hydrogen-bond acceptors (Lipinski definition) is 3. The van der Waals surface area contributed by atoms with Crippen molar-refractivity contribution in [2.45, 2.75) is 19.3 Å². The van der Waals surface area contributed by atoms with E-state index in [1.54, 1.807) is 12.1 Å². The van der Waals surface area contributed by atoms with Crippen LogP contribution in [-0.2, 0) is 11.2 Å². The molecule has 94 valence electrons. The molecule has 0 bridgehead atoms. The number of aliphatic carboxylic acids is 1. The fourth-order valence-electron chi connectivity index (χ4n) is 1.71. The summed E-state index contributed by atoms with van der Waals surface area (Å²) in [6, 6.07) is 7.26. The first kappa shape index (κ1) is 13.1. The molecule has 1 atom stereocenters. The van der Waals surface area contributed by atoms with Gasteiger partial charge in [0.15, 0.2) is 0 Å². The smallest absolute Gasteiger partial charge is 0.313 e. The molecule has 0 saturated carbocycles. The van der Waals surface area contributed by atoms with Crippen LogP contribution in [0.2, 0.25) is 5.02 Å². The molecule has 1 aromatic heterocycles. The highest BCUT2D eigenvalue weighted by Crippen LogP contribution is 2.25. The van der Waals surface area contributed by atoms with Crippen LogP contribution in [-0.4, -0.2) is 16.1 Å². The van der Waals surface area contributed by atoms with Crippen molar-refractivity contribution in [3.63, 3.8) is 0 Å². The van der Waals surface area contributed by atoms with Crippen molar-refractivity contribution in [1.82, 2.24) is 4.98 Å². The van der Waals surface area contributed by atoms with Crippen LogP contribution in [0, 0.1) is 6.92 Å². The SMILES string of the molecule is Cc1csc(C(Cc2cccc(Cl)c2)C(=O)O)n1. The molecule has 0 amide bonds. The Hall–Kier alpha value is -1.39. The first-order valence-corrected chi connectivity index (χ1v) is 6.71. The molecule has 0 aliphatic carbocycles. The molecule has 5 heteroatoms. The van der Waals surface area contributed by atoms with Crippen LogP contribution in [0.25, 0.3) is 0 Å². The van der Waals surface area contributed by atoms with Crippen molar-refractivity contribution < 1.29 is 9.90 Å². The van der Waals surface area contributed by atoms with Crippen LogP contribution in [0.3, 0.4) is 0 Å². The molecule has 2 rings (SSSR count).